The first kappa shape index (κ1) is 42.4. The number of aliphatic hydroxyl groups excluding tert-OH is 2. The van der Waals surface area contributed by atoms with Crippen LogP contribution in [0, 0.1) is 17.3 Å². The summed E-state index contributed by atoms with van der Waals surface area (Å²) in [5.74, 6) is 0.179. The van der Waals surface area contributed by atoms with Gasteiger partial charge in [-0.3, -0.25) is 10.1 Å². The molecule has 9 rings (SSSR count). The summed E-state index contributed by atoms with van der Waals surface area (Å²) in [6.07, 6.45) is 2.01. The number of fused-ring (bicyclic) bond motifs is 11. The van der Waals surface area contributed by atoms with Crippen molar-refractivity contribution in [3.63, 3.8) is 0 Å². The molecule has 2 unspecified atom stereocenters. The van der Waals surface area contributed by atoms with Crippen molar-refractivity contribution in [2.45, 2.75) is 74.2 Å². The smallest absolute Gasteiger partial charge is 0.340 e. The quantitative estimate of drug-likeness (QED) is 0.0722. The van der Waals surface area contributed by atoms with Gasteiger partial charge in [0.2, 0.25) is 0 Å². The second-order valence-corrected chi connectivity index (χ2v) is 18.1. The number of carboxylic acids is 2. The van der Waals surface area contributed by atoms with Crippen LogP contribution < -0.4 is 20.1 Å². The van der Waals surface area contributed by atoms with E-state index in [1.807, 2.05) is 14.1 Å². The number of hydrogen-bond donors (Lipinski definition) is 8. The van der Waals surface area contributed by atoms with Gasteiger partial charge < -0.3 is 50.2 Å². The number of carbonyl (C=O) groups excluding carboxylic acids is 1. The van der Waals surface area contributed by atoms with Crippen LogP contribution in [-0.4, -0.2) is 98.6 Å². The average Bonchev–Trinajstić information content (AvgIpc) is 3.64. The Balaban J connectivity index is 0.000000170. The lowest BCUT2D eigenvalue weighted by atomic mass is 9.55. The third-order valence-corrected chi connectivity index (χ3v) is 14.7. The van der Waals surface area contributed by atoms with Gasteiger partial charge >= 0.3 is 17.9 Å². The molecule has 0 amide bonds. The van der Waals surface area contributed by atoms with Gasteiger partial charge in [0.05, 0.1) is 29.8 Å². The van der Waals surface area contributed by atoms with Crippen LogP contribution in [0.5, 0.6) is 28.7 Å². The zero-order valence-electron chi connectivity index (χ0n) is 34.0. The van der Waals surface area contributed by atoms with Crippen molar-refractivity contribution in [2.24, 2.45) is 17.3 Å². The Bertz CT molecular complexity index is 2320. The molecule has 61 heavy (non-hydrogen) atoms. The van der Waals surface area contributed by atoms with Gasteiger partial charge in [0.15, 0.2) is 11.8 Å². The van der Waals surface area contributed by atoms with E-state index >= 15 is 0 Å². The number of thioether (sulfide) groups is 1. The highest BCUT2D eigenvalue weighted by Gasteiger charge is 2.60. The van der Waals surface area contributed by atoms with E-state index in [0.29, 0.717) is 47.2 Å². The minimum Gasteiger partial charge on any atom is -0.508 e. The number of esters is 1. The molecule has 322 valence electrons. The lowest BCUT2D eigenvalue weighted by molar-refractivity contribution is -0.136. The van der Waals surface area contributed by atoms with Gasteiger partial charge in [-0.15, -0.1) is 0 Å². The molecule has 0 radical (unpaired) electrons. The predicted molar refractivity (Wildman–Crippen MR) is 225 cm³/mol. The van der Waals surface area contributed by atoms with Crippen LogP contribution in [0.15, 0.2) is 72.8 Å². The summed E-state index contributed by atoms with van der Waals surface area (Å²) in [5, 5.41) is 66.2. The van der Waals surface area contributed by atoms with Crippen LogP contribution in [0.4, 0.5) is 0 Å². The van der Waals surface area contributed by atoms with Crippen molar-refractivity contribution in [1.29, 1.82) is 0 Å². The number of nitrogens with one attached hydrogen (secondary N) is 2. The predicted octanol–water partition coefficient (Wildman–Crippen LogP) is 5.57. The third-order valence-electron chi connectivity index (χ3n) is 13.3. The summed E-state index contributed by atoms with van der Waals surface area (Å²) >= 11 is 1.75. The fourth-order valence-electron chi connectivity index (χ4n) is 10.5. The van der Waals surface area contributed by atoms with Crippen LogP contribution in [0.25, 0.3) is 0 Å². The standard InChI is InChI=1S/C25H38N2O5S.C21H12O7/c1-25-8-6-17-16-5-4-15(32-21(27-3)13-26-2)10-14(16)11-20(33-9-7-22(29)30)23(17)18(25)12-19(28)24(25)31;22-11-2-5-14-17(8-11)27-18-9-12(23)3-6-15(18)21(14)16-7-10(19(24)25)1-4-13(16)20(26)28-21/h4-5,10,17-21,23-24,26-28,31H,6-9,11-13H2,1-3H3,(H,29,30);1-9,22-23H,(H,24,25)/t17-,18+,19-,20?,21?,23-,24+,25+;/m1./s1. The molecule has 0 aromatic heterocycles. The molecule has 2 fully saturated rings. The fraction of sp³-hybridized carbons (Fsp3) is 0.413. The Morgan fingerprint density at radius 3 is 2.28 bits per heavy atom. The topological polar surface area (TPSA) is 224 Å². The van der Waals surface area contributed by atoms with Crippen LogP contribution in [0.3, 0.4) is 0 Å². The molecule has 4 aromatic rings. The number of aliphatic carboxylic acids is 1. The molecule has 15 heteroatoms. The average molecular weight is 855 g/mol. The molecule has 1 spiro atoms. The van der Waals surface area contributed by atoms with E-state index in [-0.39, 0.29) is 63.4 Å². The molecule has 2 saturated carbocycles. The molecular weight excluding hydrogens is 805 g/mol. The van der Waals surface area contributed by atoms with Crippen LogP contribution >= 0.6 is 11.8 Å². The number of phenols is 2. The van der Waals surface area contributed by atoms with Gasteiger partial charge in [-0.25, -0.2) is 9.59 Å². The zero-order chi connectivity index (χ0) is 43.4. The summed E-state index contributed by atoms with van der Waals surface area (Å²) in [6, 6.07) is 19.3. The highest BCUT2D eigenvalue weighted by atomic mass is 32.2. The van der Waals surface area contributed by atoms with E-state index in [2.05, 4.69) is 35.8 Å². The number of aromatic hydroxyl groups is 2. The monoisotopic (exact) mass is 854 g/mol. The van der Waals surface area contributed by atoms with Crippen molar-refractivity contribution < 1.29 is 59.2 Å². The van der Waals surface area contributed by atoms with Crippen LogP contribution in [0.1, 0.15) is 87.1 Å². The molecule has 5 aliphatic rings. The summed E-state index contributed by atoms with van der Waals surface area (Å²) in [4.78, 5) is 35.3. The van der Waals surface area contributed by atoms with Gasteiger partial charge in [-0.1, -0.05) is 13.0 Å². The highest BCUT2D eigenvalue weighted by molar-refractivity contribution is 7.99. The van der Waals surface area contributed by atoms with Gasteiger partial charge in [0, 0.05) is 46.4 Å². The largest absolute Gasteiger partial charge is 0.508 e. The SMILES string of the molecule is CNCC(NC)Oc1ccc2c(c1)CC(SCCC(=O)O)[C@@H]1[C@@H]2CC[C@]2(C)[C@@H](O)[C@H](O)C[C@@H]12.O=C(O)c1ccc2c(c1)C1(OC2=O)c2ccc(O)cc2Oc2cc(O)ccc21. The molecule has 8 N–H and O–H groups in total. The maximum atomic E-state index is 12.7. The normalized spacial score (nSPS) is 26.4. The van der Waals surface area contributed by atoms with E-state index in [1.54, 1.807) is 23.9 Å². The van der Waals surface area contributed by atoms with E-state index in [4.69, 9.17) is 14.2 Å². The molecule has 2 aliphatic heterocycles. The van der Waals surface area contributed by atoms with Crippen molar-refractivity contribution >= 4 is 29.7 Å². The Kier molecular flexibility index (Phi) is 11.5. The molecule has 0 bridgehead atoms. The zero-order valence-corrected chi connectivity index (χ0v) is 34.8. The van der Waals surface area contributed by atoms with Crippen molar-refractivity contribution in [1.82, 2.24) is 10.6 Å². The van der Waals surface area contributed by atoms with E-state index in [0.717, 1.165) is 25.0 Å². The minimum atomic E-state index is -1.46. The van der Waals surface area contributed by atoms with Crippen molar-refractivity contribution in [3.05, 3.63) is 112 Å². The summed E-state index contributed by atoms with van der Waals surface area (Å²) < 4.78 is 17.8. The summed E-state index contributed by atoms with van der Waals surface area (Å²) in [5.41, 5.74) is 2.39. The number of ether oxygens (including phenoxy) is 3. The van der Waals surface area contributed by atoms with Crippen LogP contribution in [-0.2, 0) is 21.6 Å². The number of carboxylic acid groups (broad SMARTS) is 2. The number of likely N-dealkylation sites (N-methyl/N-ethyl adjacent to an activating group) is 2. The fourth-order valence-corrected chi connectivity index (χ4v) is 12.0. The first-order valence-corrected chi connectivity index (χ1v) is 21.5. The first-order chi connectivity index (χ1) is 29.2. The number of rotatable bonds is 10. The second kappa shape index (κ2) is 16.5. The molecule has 8 atom stereocenters. The Morgan fingerprint density at radius 1 is 0.934 bits per heavy atom. The third kappa shape index (κ3) is 7.45. The summed E-state index contributed by atoms with van der Waals surface area (Å²) in [6.45, 7) is 2.83. The molecule has 14 nitrogen and oxygen atoms in total. The van der Waals surface area contributed by atoms with Crippen LogP contribution in [0.2, 0.25) is 0 Å². The Hall–Kier alpha value is -5.32. The molecule has 3 aliphatic carbocycles. The van der Waals surface area contributed by atoms with E-state index in [1.165, 1.54) is 53.6 Å². The Labute approximate surface area is 356 Å². The maximum Gasteiger partial charge on any atom is 0.340 e. The Morgan fingerprint density at radius 2 is 1.64 bits per heavy atom. The number of aliphatic hydroxyl groups is 2. The molecule has 2 heterocycles. The van der Waals surface area contributed by atoms with Gasteiger partial charge in [0.1, 0.15) is 28.7 Å². The van der Waals surface area contributed by atoms with Crippen molar-refractivity contribution in [2.75, 3.05) is 26.4 Å². The molecule has 4 aromatic carbocycles. The lowest BCUT2D eigenvalue weighted by Crippen LogP contribution is -2.48. The number of hydrogen-bond acceptors (Lipinski definition) is 13. The molecular formula is C46H50N2O12S. The second-order valence-electron chi connectivity index (χ2n) is 16.8. The van der Waals surface area contributed by atoms with Gasteiger partial charge in [-0.2, -0.15) is 11.8 Å². The van der Waals surface area contributed by atoms with E-state index in [9.17, 15) is 45.0 Å². The summed E-state index contributed by atoms with van der Waals surface area (Å²) in [7, 11) is 3.77. The van der Waals surface area contributed by atoms with Crippen molar-refractivity contribution in [3.8, 4) is 28.7 Å². The maximum absolute atomic E-state index is 12.7. The van der Waals surface area contributed by atoms with E-state index < -0.39 is 35.7 Å². The first-order valence-electron chi connectivity index (χ1n) is 20.4. The van der Waals surface area contributed by atoms with Gasteiger partial charge in [0.25, 0.3) is 0 Å². The number of aromatic carboxylic acids is 1. The highest BCUT2D eigenvalue weighted by Crippen LogP contribution is 2.63. The molecule has 0 saturated heterocycles. The number of carbonyl (C=O) groups is 3. The lowest BCUT2D eigenvalue weighted by Gasteiger charge is -2.52. The van der Waals surface area contributed by atoms with Gasteiger partial charge in [-0.05, 0) is 129 Å². The number of phenolic OH excluding ortho intramolecular Hbond substituents is 2. The number of benzene rings is 4. The minimum absolute atomic E-state index is 0.00331.